The van der Waals surface area contributed by atoms with Crippen molar-refractivity contribution in [3.05, 3.63) is 69.9 Å². The molecule has 0 aliphatic rings. The second-order valence-electron chi connectivity index (χ2n) is 6.08. The lowest BCUT2D eigenvalue weighted by Gasteiger charge is -2.14. The molecular formula is C19H21N5O2. The fraction of sp³-hybridized carbons (Fsp3) is 0.263. The van der Waals surface area contributed by atoms with E-state index in [4.69, 9.17) is 0 Å². The molecule has 0 aliphatic heterocycles. The minimum absolute atomic E-state index is 0.140. The number of anilines is 1. The number of rotatable bonds is 5. The molecule has 0 aliphatic carbocycles. The van der Waals surface area contributed by atoms with E-state index in [9.17, 15) is 9.59 Å². The molecule has 7 heteroatoms. The monoisotopic (exact) mass is 351 g/mol. The Morgan fingerprint density at radius 3 is 2.50 bits per heavy atom. The number of hydrogen-bond acceptors (Lipinski definition) is 4. The Hall–Kier alpha value is -3.22. The first-order valence-corrected chi connectivity index (χ1v) is 8.47. The summed E-state index contributed by atoms with van der Waals surface area (Å²) in [6, 6.07) is 12.5. The summed E-state index contributed by atoms with van der Waals surface area (Å²) in [6.07, 6.45) is 0.624. The Morgan fingerprint density at radius 2 is 1.88 bits per heavy atom. The second kappa shape index (κ2) is 7.35. The summed E-state index contributed by atoms with van der Waals surface area (Å²) >= 11 is 0. The zero-order valence-electron chi connectivity index (χ0n) is 15.1. The van der Waals surface area contributed by atoms with Gasteiger partial charge in [-0.25, -0.2) is 9.67 Å². The SMILES string of the molecule is CCc1cc(=O)n(CC(=O)Nc2ccccc2)c(-n2nc(C)cc2C)n1. The third-order valence-electron chi connectivity index (χ3n) is 3.96. The molecule has 26 heavy (non-hydrogen) atoms. The molecule has 0 radical (unpaired) electrons. The van der Waals surface area contributed by atoms with Gasteiger partial charge in [-0.05, 0) is 38.5 Å². The van der Waals surface area contributed by atoms with E-state index in [1.54, 1.807) is 16.8 Å². The predicted octanol–water partition coefficient (Wildman–Crippen LogP) is 2.25. The molecule has 0 saturated carbocycles. The van der Waals surface area contributed by atoms with Crippen LogP contribution in [0.2, 0.25) is 0 Å². The van der Waals surface area contributed by atoms with Crippen LogP contribution in [0, 0.1) is 13.8 Å². The first-order chi connectivity index (χ1) is 12.5. The zero-order valence-corrected chi connectivity index (χ0v) is 15.1. The van der Waals surface area contributed by atoms with Crippen molar-refractivity contribution in [1.82, 2.24) is 19.3 Å². The van der Waals surface area contributed by atoms with Gasteiger partial charge in [-0.1, -0.05) is 25.1 Å². The van der Waals surface area contributed by atoms with Crippen molar-refractivity contribution in [2.24, 2.45) is 0 Å². The van der Waals surface area contributed by atoms with E-state index in [1.807, 2.05) is 45.0 Å². The summed E-state index contributed by atoms with van der Waals surface area (Å²) in [5.74, 6) is 0.0512. The Labute approximate surface area is 151 Å². The molecule has 1 N–H and O–H groups in total. The standard InChI is InChI=1S/C19H21N5O2/c1-4-15-11-18(26)23(12-17(25)20-16-8-6-5-7-9-16)19(21-15)24-14(3)10-13(2)22-24/h5-11H,4,12H2,1-3H3,(H,20,25). The number of carbonyl (C=O) groups is 1. The summed E-state index contributed by atoms with van der Waals surface area (Å²) in [6.45, 7) is 5.55. The molecule has 0 spiro atoms. The molecular weight excluding hydrogens is 330 g/mol. The van der Waals surface area contributed by atoms with Crippen molar-refractivity contribution in [3.63, 3.8) is 0 Å². The normalized spacial score (nSPS) is 10.7. The maximum atomic E-state index is 12.6. The molecule has 2 heterocycles. The van der Waals surface area contributed by atoms with Gasteiger partial charge in [0, 0.05) is 23.1 Å². The van der Waals surface area contributed by atoms with Gasteiger partial charge in [0.15, 0.2) is 0 Å². The summed E-state index contributed by atoms with van der Waals surface area (Å²) in [5, 5.41) is 7.20. The molecule has 0 saturated heterocycles. The van der Waals surface area contributed by atoms with Crippen LogP contribution in [-0.4, -0.2) is 25.2 Å². The highest BCUT2D eigenvalue weighted by Gasteiger charge is 2.16. The highest BCUT2D eigenvalue weighted by Crippen LogP contribution is 2.11. The highest BCUT2D eigenvalue weighted by atomic mass is 16.2. The molecule has 3 aromatic rings. The van der Waals surface area contributed by atoms with E-state index in [0.29, 0.717) is 23.8 Å². The van der Waals surface area contributed by atoms with Crippen molar-refractivity contribution in [2.45, 2.75) is 33.7 Å². The van der Waals surface area contributed by atoms with Gasteiger partial charge < -0.3 is 5.32 Å². The number of aryl methyl sites for hydroxylation is 3. The van der Waals surface area contributed by atoms with Gasteiger partial charge in [0.1, 0.15) is 6.54 Å². The minimum atomic E-state index is -0.299. The molecule has 2 aromatic heterocycles. The summed E-state index contributed by atoms with van der Waals surface area (Å²) in [5.41, 5.74) is 2.73. The van der Waals surface area contributed by atoms with Gasteiger partial charge in [0.2, 0.25) is 11.9 Å². The largest absolute Gasteiger partial charge is 0.325 e. The van der Waals surface area contributed by atoms with Gasteiger partial charge in [-0.15, -0.1) is 0 Å². The zero-order chi connectivity index (χ0) is 18.7. The maximum Gasteiger partial charge on any atom is 0.255 e. The van der Waals surface area contributed by atoms with E-state index < -0.39 is 0 Å². The van der Waals surface area contributed by atoms with Gasteiger partial charge in [-0.3, -0.25) is 14.2 Å². The molecule has 0 unspecified atom stereocenters. The first kappa shape index (κ1) is 17.6. The lowest BCUT2D eigenvalue weighted by Crippen LogP contribution is -2.32. The Kier molecular flexibility index (Phi) is 4.97. The average molecular weight is 351 g/mol. The fourth-order valence-corrected chi connectivity index (χ4v) is 2.73. The summed E-state index contributed by atoms with van der Waals surface area (Å²) < 4.78 is 2.95. The number of amides is 1. The van der Waals surface area contributed by atoms with Crippen molar-refractivity contribution in [1.29, 1.82) is 0 Å². The molecule has 3 rings (SSSR count). The average Bonchev–Trinajstić information content (AvgIpc) is 2.95. The number of nitrogens with one attached hydrogen (secondary N) is 1. The van der Waals surface area contributed by atoms with Gasteiger partial charge >= 0.3 is 0 Å². The highest BCUT2D eigenvalue weighted by molar-refractivity contribution is 5.90. The molecule has 1 aromatic carbocycles. The van der Waals surface area contributed by atoms with Crippen LogP contribution >= 0.6 is 0 Å². The maximum absolute atomic E-state index is 12.6. The number of carbonyl (C=O) groups excluding carboxylic acids is 1. The van der Waals surface area contributed by atoms with Crippen LogP contribution in [0.3, 0.4) is 0 Å². The number of para-hydroxylation sites is 1. The molecule has 0 bridgehead atoms. The Balaban J connectivity index is 1.99. The van der Waals surface area contributed by atoms with E-state index in [-0.39, 0.29) is 18.0 Å². The van der Waals surface area contributed by atoms with E-state index in [1.165, 1.54) is 10.6 Å². The lowest BCUT2D eigenvalue weighted by atomic mass is 10.3. The summed E-state index contributed by atoms with van der Waals surface area (Å²) in [7, 11) is 0. The molecule has 0 fully saturated rings. The Bertz CT molecular complexity index is 989. The number of aromatic nitrogens is 4. The van der Waals surface area contributed by atoms with Crippen molar-refractivity contribution in [3.8, 4) is 5.95 Å². The van der Waals surface area contributed by atoms with Gasteiger partial charge in [-0.2, -0.15) is 5.10 Å². The van der Waals surface area contributed by atoms with E-state index in [2.05, 4.69) is 15.4 Å². The van der Waals surface area contributed by atoms with Crippen LogP contribution in [0.25, 0.3) is 5.95 Å². The van der Waals surface area contributed by atoms with E-state index >= 15 is 0 Å². The van der Waals surface area contributed by atoms with Gasteiger partial charge in [0.25, 0.3) is 5.56 Å². The molecule has 134 valence electrons. The van der Waals surface area contributed by atoms with Crippen molar-refractivity contribution >= 4 is 11.6 Å². The first-order valence-electron chi connectivity index (χ1n) is 8.47. The second-order valence-corrected chi connectivity index (χ2v) is 6.08. The third-order valence-corrected chi connectivity index (χ3v) is 3.96. The van der Waals surface area contributed by atoms with Crippen molar-refractivity contribution < 1.29 is 4.79 Å². The van der Waals surface area contributed by atoms with Crippen LogP contribution in [0.15, 0.2) is 47.3 Å². The number of benzene rings is 1. The van der Waals surface area contributed by atoms with Crippen LogP contribution in [0.4, 0.5) is 5.69 Å². The quantitative estimate of drug-likeness (QED) is 0.764. The topological polar surface area (TPSA) is 81.8 Å². The van der Waals surface area contributed by atoms with Crippen LogP contribution in [0.1, 0.15) is 24.0 Å². The smallest absolute Gasteiger partial charge is 0.255 e. The number of nitrogens with zero attached hydrogens (tertiary/aromatic N) is 4. The summed E-state index contributed by atoms with van der Waals surface area (Å²) in [4.78, 5) is 29.6. The number of hydrogen-bond donors (Lipinski definition) is 1. The Morgan fingerprint density at radius 1 is 1.15 bits per heavy atom. The third kappa shape index (κ3) is 3.72. The van der Waals surface area contributed by atoms with E-state index in [0.717, 1.165) is 11.4 Å². The molecule has 1 amide bonds. The van der Waals surface area contributed by atoms with Crippen LogP contribution < -0.4 is 10.9 Å². The fourth-order valence-electron chi connectivity index (χ4n) is 2.73. The predicted molar refractivity (Wildman–Crippen MR) is 99.5 cm³/mol. The van der Waals surface area contributed by atoms with Crippen LogP contribution in [-0.2, 0) is 17.8 Å². The lowest BCUT2D eigenvalue weighted by molar-refractivity contribution is -0.116. The minimum Gasteiger partial charge on any atom is -0.325 e. The van der Waals surface area contributed by atoms with Gasteiger partial charge in [0.05, 0.1) is 5.69 Å². The van der Waals surface area contributed by atoms with Crippen molar-refractivity contribution in [2.75, 3.05) is 5.32 Å². The molecule has 0 atom stereocenters. The molecule has 7 nitrogen and oxygen atoms in total. The van der Waals surface area contributed by atoms with Crippen LogP contribution in [0.5, 0.6) is 0 Å².